The molecule has 29 heavy (non-hydrogen) atoms. The molecule has 0 unspecified atom stereocenters. The summed E-state index contributed by atoms with van der Waals surface area (Å²) in [6, 6.07) is 6.89. The van der Waals surface area contributed by atoms with Gasteiger partial charge in [0.2, 0.25) is 5.75 Å². The molecule has 0 aliphatic heterocycles. The van der Waals surface area contributed by atoms with E-state index >= 15 is 0 Å². The maximum absolute atomic E-state index is 12.6. The Kier molecular flexibility index (Phi) is 7.15. The minimum Gasteiger partial charge on any atom is -0.495 e. The van der Waals surface area contributed by atoms with Crippen molar-refractivity contribution in [3.63, 3.8) is 0 Å². The number of rotatable bonds is 7. The standard InChI is InChI=1S/C18H19N3O7S/c1-25-13-6-5-11(21(23)24)9-12(13)19-18(29)20-17(22)10-7-14(26-2)16(28-4)15(8-10)27-3/h5-9H,1-4H3,(H2,19,20,22,29). The third kappa shape index (κ3) is 5.02. The number of thiocarbonyl (C=S) groups is 1. The molecule has 2 aromatic carbocycles. The number of non-ortho nitro benzene ring substituents is 1. The highest BCUT2D eigenvalue weighted by atomic mass is 32.1. The van der Waals surface area contributed by atoms with Gasteiger partial charge in [0, 0.05) is 17.7 Å². The minimum atomic E-state index is -0.553. The van der Waals surface area contributed by atoms with Crippen LogP contribution in [0.5, 0.6) is 23.0 Å². The average molecular weight is 421 g/mol. The lowest BCUT2D eigenvalue weighted by atomic mass is 10.1. The number of ether oxygens (including phenoxy) is 4. The summed E-state index contributed by atoms with van der Waals surface area (Å²) in [7, 11) is 5.72. The van der Waals surface area contributed by atoms with Gasteiger partial charge in [-0.3, -0.25) is 20.2 Å². The molecular weight excluding hydrogens is 402 g/mol. The highest BCUT2D eigenvalue weighted by Crippen LogP contribution is 2.38. The molecule has 2 N–H and O–H groups in total. The molecular formula is C18H19N3O7S. The molecule has 0 aliphatic rings. The van der Waals surface area contributed by atoms with Crippen LogP contribution < -0.4 is 29.6 Å². The average Bonchev–Trinajstić information content (AvgIpc) is 2.72. The second kappa shape index (κ2) is 9.55. The van der Waals surface area contributed by atoms with Gasteiger partial charge in [0.1, 0.15) is 5.75 Å². The third-order valence-electron chi connectivity index (χ3n) is 3.80. The van der Waals surface area contributed by atoms with Gasteiger partial charge < -0.3 is 24.3 Å². The number of nitro benzene ring substituents is 1. The van der Waals surface area contributed by atoms with Crippen LogP contribution in [0.15, 0.2) is 30.3 Å². The molecule has 0 fully saturated rings. The molecule has 10 nitrogen and oxygen atoms in total. The normalized spacial score (nSPS) is 9.93. The number of amides is 1. The summed E-state index contributed by atoms with van der Waals surface area (Å²) in [5.74, 6) is 0.715. The number of benzene rings is 2. The van der Waals surface area contributed by atoms with Gasteiger partial charge in [-0.1, -0.05) is 0 Å². The van der Waals surface area contributed by atoms with Crippen LogP contribution in [0.1, 0.15) is 10.4 Å². The van der Waals surface area contributed by atoms with Crippen molar-refractivity contribution in [3.05, 3.63) is 46.0 Å². The first-order chi connectivity index (χ1) is 13.8. The largest absolute Gasteiger partial charge is 0.495 e. The smallest absolute Gasteiger partial charge is 0.271 e. The summed E-state index contributed by atoms with van der Waals surface area (Å²) in [5, 5.41) is 16.1. The molecule has 0 radical (unpaired) electrons. The number of methoxy groups -OCH3 is 4. The number of nitrogens with one attached hydrogen (secondary N) is 2. The van der Waals surface area contributed by atoms with Crippen LogP contribution in [0.25, 0.3) is 0 Å². The maximum atomic E-state index is 12.6. The predicted molar refractivity (Wildman–Crippen MR) is 109 cm³/mol. The summed E-state index contributed by atoms with van der Waals surface area (Å²) >= 11 is 5.14. The van der Waals surface area contributed by atoms with Gasteiger partial charge in [0.25, 0.3) is 11.6 Å². The molecule has 0 bridgehead atoms. The van der Waals surface area contributed by atoms with Gasteiger partial charge in [-0.15, -0.1) is 0 Å². The van der Waals surface area contributed by atoms with Gasteiger partial charge in [0.05, 0.1) is 39.0 Å². The zero-order valence-corrected chi connectivity index (χ0v) is 16.9. The van der Waals surface area contributed by atoms with Crippen LogP contribution in [-0.4, -0.2) is 44.4 Å². The van der Waals surface area contributed by atoms with E-state index in [-0.39, 0.29) is 22.1 Å². The SMILES string of the molecule is COc1ccc([N+](=O)[O-])cc1NC(=S)NC(=O)c1cc(OC)c(OC)c(OC)c1. The number of nitrogens with zero attached hydrogens (tertiary/aromatic N) is 1. The molecule has 2 aromatic rings. The molecule has 0 saturated heterocycles. The predicted octanol–water partition coefficient (Wildman–Crippen LogP) is 2.76. The van der Waals surface area contributed by atoms with Crippen molar-refractivity contribution in [2.24, 2.45) is 0 Å². The van der Waals surface area contributed by atoms with E-state index < -0.39 is 10.8 Å². The Balaban J connectivity index is 2.23. The molecule has 0 saturated carbocycles. The Morgan fingerprint density at radius 3 is 2.03 bits per heavy atom. The fourth-order valence-electron chi connectivity index (χ4n) is 2.45. The minimum absolute atomic E-state index is 0.0810. The third-order valence-corrected chi connectivity index (χ3v) is 4.00. The first-order valence-electron chi connectivity index (χ1n) is 8.09. The molecule has 1 amide bonds. The molecule has 11 heteroatoms. The number of carbonyl (C=O) groups is 1. The van der Waals surface area contributed by atoms with Crippen molar-refractivity contribution in [1.82, 2.24) is 5.32 Å². The van der Waals surface area contributed by atoms with Gasteiger partial charge >= 0.3 is 0 Å². The van der Waals surface area contributed by atoms with Crippen molar-refractivity contribution in [1.29, 1.82) is 0 Å². The molecule has 0 aliphatic carbocycles. The summed E-state index contributed by atoms with van der Waals surface area (Å²) < 4.78 is 20.8. The van der Waals surface area contributed by atoms with E-state index in [9.17, 15) is 14.9 Å². The van der Waals surface area contributed by atoms with Gasteiger partial charge in [-0.2, -0.15) is 0 Å². The summed E-state index contributed by atoms with van der Waals surface area (Å²) in [6.07, 6.45) is 0. The lowest BCUT2D eigenvalue weighted by Crippen LogP contribution is -2.34. The van der Waals surface area contributed by atoms with Crippen molar-refractivity contribution in [2.75, 3.05) is 33.8 Å². The van der Waals surface area contributed by atoms with Crippen LogP contribution >= 0.6 is 12.2 Å². The number of hydrogen-bond acceptors (Lipinski definition) is 8. The molecule has 154 valence electrons. The van der Waals surface area contributed by atoms with Gasteiger partial charge in [-0.05, 0) is 30.4 Å². The van der Waals surface area contributed by atoms with Gasteiger partial charge in [-0.25, -0.2) is 0 Å². The molecule has 0 heterocycles. The van der Waals surface area contributed by atoms with Crippen molar-refractivity contribution in [2.45, 2.75) is 0 Å². The van der Waals surface area contributed by atoms with E-state index in [2.05, 4.69) is 10.6 Å². The zero-order chi connectivity index (χ0) is 21.6. The lowest BCUT2D eigenvalue weighted by molar-refractivity contribution is -0.384. The van der Waals surface area contributed by atoms with Crippen LogP contribution in [0.2, 0.25) is 0 Å². The summed E-state index contributed by atoms with van der Waals surface area (Å²) in [4.78, 5) is 23.0. The topological polar surface area (TPSA) is 121 Å². The van der Waals surface area contributed by atoms with Crippen LogP contribution in [0.3, 0.4) is 0 Å². The van der Waals surface area contributed by atoms with Crippen molar-refractivity contribution >= 4 is 34.6 Å². The number of anilines is 1. The second-order valence-corrected chi connectivity index (χ2v) is 5.87. The fourth-order valence-corrected chi connectivity index (χ4v) is 2.65. The zero-order valence-electron chi connectivity index (χ0n) is 16.1. The van der Waals surface area contributed by atoms with E-state index in [4.69, 9.17) is 31.2 Å². The highest BCUT2D eigenvalue weighted by Gasteiger charge is 2.18. The number of nitro groups is 1. The summed E-state index contributed by atoms with van der Waals surface area (Å²) in [5.41, 5.74) is 0.276. The monoisotopic (exact) mass is 421 g/mol. The quantitative estimate of drug-likeness (QED) is 0.395. The Labute approximate surface area is 171 Å². The van der Waals surface area contributed by atoms with Crippen LogP contribution in [0.4, 0.5) is 11.4 Å². The highest BCUT2D eigenvalue weighted by molar-refractivity contribution is 7.80. The summed E-state index contributed by atoms with van der Waals surface area (Å²) in [6.45, 7) is 0. The lowest BCUT2D eigenvalue weighted by Gasteiger charge is -2.15. The van der Waals surface area contributed by atoms with E-state index in [1.165, 1.54) is 58.8 Å². The number of carbonyl (C=O) groups excluding carboxylic acids is 1. The Morgan fingerprint density at radius 1 is 0.966 bits per heavy atom. The van der Waals surface area contributed by atoms with E-state index in [1.807, 2.05) is 0 Å². The second-order valence-electron chi connectivity index (χ2n) is 5.46. The molecule has 0 aromatic heterocycles. The first-order valence-corrected chi connectivity index (χ1v) is 8.50. The molecule has 0 atom stereocenters. The van der Waals surface area contributed by atoms with Crippen LogP contribution in [-0.2, 0) is 0 Å². The fraction of sp³-hybridized carbons (Fsp3) is 0.222. The van der Waals surface area contributed by atoms with Crippen molar-refractivity contribution in [3.8, 4) is 23.0 Å². The van der Waals surface area contributed by atoms with Gasteiger partial charge in [0.15, 0.2) is 16.6 Å². The molecule has 2 rings (SSSR count). The number of hydrogen-bond donors (Lipinski definition) is 2. The first kappa shape index (κ1) is 21.7. The van der Waals surface area contributed by atoms with Crippen LogP contribution in [0, 0.1) is 10.1 Å². The molecule has 0 spiro atoms. The Hall–Kier alpha value is -3.60. The van der Waals surface area contributed by atoms with Crippen molar-refractivity contribution < 1.29 is 28.7 Å². The Bertz CT molecular complexity index is 924. The Morgan fingerprint density at radius 2 is 1.55 bits per heavy atom. The van der Waals surface area contributed by atoms with E-state index in [0.717, 1.165) is 0 Å². The maximum Gasteiger partial charge on any atom is 0.271 e. The van der Waals surface area contributed by atoms with E-state index in [0.29, 0.717) is 23.0 Å². The van der Waals surface area contributed by atoms with E-state index in [1.54, 1.807) is 0 Å².